The molecule has 0 saturated carbocycles. The molecule has 2 rings (SSSR count). The number of nitrogen functional groups attached to an aromatic ring is 1. The van der Waals surface area contributed by atoms with E-state index in [-0.39, 0.29) is 30.1 Å². The first-order valence-corrected chi connectivity index (χ1v) is 7.19. The van der Waals surface area contributed by atoms with Gasteiger partial charge in [-0.05, 0) is 30.7 Å². The molecule has 0 saturated heterocycles. The van der Waals surface area contributed by atoms with E-state index in [1.165, 1.54) is 11.8 Å². The van der Waals surface area contributed by atoms with Gasteiger partial charge in [-0.15, -0.1) is 0 Å². The average molecular weight is 330 g/mol. The average Bonchev–Trinajstić information content (AvgIpc) is 2.96. The van der Waals surface area contributed by atoms with Crippen molar-refractivity contribution in [2.24, 2.45) is 0 Å². The lowest BCUT2D eigenvalue weighted by Gasteiger charge is -2.05. The van der Waals surface area contributed by atoms with Gasteiger partial charge in [0.1, 0.15) is 17.1 Å². The van der Waals surface area contributed by atoms with Gasteiger partial charge >= 0.3 is 5.97 Å². The molecule has 1 aromatic heterocycles. The third-order valence-corrected chi connectivity index (χ3v) is 3.56. The predicted octanol–water partition coefficient (Wildman–Crippen LogP) is 1.24. The van der Waals surface area contributed by atoms with E-state index in [1.807, 2.05) is 6.07 Å². The zero-order valence-electron chi connectivity index (χ0n) is 13.4. The maximum absolute atomic E-state index is 12.1. The molecule has 1 aromatic carbocycles. The highest BCUT2D eigenvalue weighted by Crippen LogP contribution is 2.29. The molecule has 8 nitrogen and oxygen atoms in total. The summed E-state index contributed by atoms with van der Waals surface area (Å²) in [6.45, 7) is -0.214. The van der Waals surface area contributed by atoms with Gasteiger partial charge in [-0.3, -0.25) is 0 Å². The Morgan fingerprint density at radius 3 is 2.58 bits per heavy atom. The van der Waals surface area contributed by atoms with E-state index in [0.717, 1.165) is 0 Å². The van der Waals surface area contributed by atoms with Crippen molar-refractivity contribution >= 4 is 11.8 Å². The van der Waals surface area contributed by atoms with Gasteiger partial charge in [0.15, 0.2) is 0 Å². The molecule has 0 fully saturated rings. The van der Waals surface area contributed by atoms with Gasteiger partial charge in [0.2, 0.25) is 0 Å². The van der Waals surface area contributed by atoms with Crippen molar-refractivity contribution in [3.05, 3.63) is 35.5 Å². The van der Waals surface area contributed by atoms with Crippen LogP contribution in [-0.2, 0) is 4.74 Å². The number of hydrogen-bond acceptors (Lipinski definition) is 7. The van der Waals surface area contributed by atoms with Crippen LogP contribution in [-0.4, -0.2) is 41.7 Å². The Morgan fingerprint density at radius 1 is 1.42 bits per heavy atom. The van der Waals surface area contributed by atoms with E-state index in [1.54, 1.807) is 31.4 Å². The highest BCUT2D eigenvalue weighted by atomic mass is 16.5. The number of carbonyl (C=O) groups excluding carboxylic acids is 1. The topological polar surface area (TPSA) is 123 Å². The molecule has 0 bridgehead atoms. The van der Waals surface area contributed by atoms with Gasteiger partial charge in [0.05, 0.1) is 37.6 Å². The van der Waals surface area contributed by atoms with E-state index in [0.29, 0.717) is 11.4 Å². The number of nitrogens with two attached hydrogens (primary N) is 1. The fourth-order valence-corrected chi connectivity index (χ4v) is 2.32. The summed E-state index contributed by atoms with van der Waals surface area (Å²) < 4.78 is 11.2. The lowest BCUT2D eigenvalue weighted by Crippen LogP contribution is -2.10. The standard InChI is InChI=1S/C16H18N4O4/c1-23-12-5-3-11(4-6-12)20-15(18)13(16(22)24-2)14(19-20)10(9-17)7-8-21/h3-6,10,21H,7-8,18H2,1-2H3. The molecule has 8 heteroatoms. The van der Waals surface area contributed by atoms with E-state index in [4.69, 9.17) is 20.3 Å². The van der Waals surface area contributed by atoms with Gasteiger partial charge in [-0.1, -0.05) is 0 Å². The molecule has 1 heterocycles. The van der Waals surface area contributed by atoms with Gasteiger partial charge in [-0.2, -0.15) is 10.4 Å². The van der Waals surface area contributed by atoms with Crippen molar-refractivity contribution in [3.63, 3.8) is 0 Å². The number of methoxy groups -OCH3 is 2. The largest absolute Gasteiger partial charge is 0.497 e. The van der Waals surface area contributed by atoms with Crippen LogP contribution in [0.15, 0.2) is 24.3 Å². The second-order valence-corrected chi connectivity index (χ2v) is 4.94. The van der Waals surface area contributed by atoms with Crippen molar-refractivity contribution < 1.29 is 19.4 Å². The Morgan fingerprint density at radius 2 is 2.08 bits per heavy atom. The molecule has 0 aliphatic rings. The molecule has 126 valence electrons. The number of benzene rings is 1. The number of aliphatic hydroxyl groups is 1. The number of anilines is 1. The van der Waals surface area contributed by atoms with Gasteiger partial charge in [0.25, 0.3) is 0 Å². The van der Waals surface area contributed by atoms with Crippen LogP contribution in [0.2, 0.25) is 0 Å². The molecule has 3 N–H and O–H groups in total. The molecule has 0 amide bonds. The Bertz CT molecular complexity index is 762. The number of ether oxygens (including phenoxy) is 2. The number of aliphatic hydroxyl groups excluding tert-OH is 1. The van der Waals surface area contributed by atoms with Gasteiger partial charge in [-0.25, -0.2) is 9.48 Å². The summed E-state index contributed by atoms with van der Waals surface area (Å²) in [6.07, 6.45) is 0.138. The van der Waals surface area contributed by atoms with Crippen LogP contribution in [0, 0.1) is 11.3 Å². The van der Waals surface area contributed by atoms with E-state index < -0.39 is 11.9 Å². The summed E-state index contributed by atoms with van der Waals surface area (Å²) in [7, 11) is 2.78. The predicted molar refractivity (Wildman–Crippen MR) is 85.9 cm³/mol. The Labute approximate surface area is 139 Å². The first-order valence-electron chi connectivity index (χ1n) is 7.19. The molecule has 1 unspecified atom stereocenters. The van der Waals surface area contributed by atoms with Crippen LogP contribution < -0.4 is 10.5 Å². The van der Waals surface area contributed by atoms with E-state index in [9.17, 15) is 10.1 Å². The summed E-state index contributed by atoms with van der Waals surface area (Å²) in [6, 6.07) is 8.93. The van der Waals surface area contributed by atoms with Gasteiger partial charge < -0.3 is 20.3 Å². The summed E-state index contributed by atoms with van der Waals surface area (Å²) in [5.41, 5.74) is 6.89. The number of carbonyl (C=O) groups is 1. The SMILES string of the molecule is COC(=O)c1c(C(C#N)CCO)nn(-c2ccc(OC)cc2)c1N. The highest BCUT2D eigenvalue weighted by Gasteiger charge is 2.28. The lowest BCUT2D eigenvalue weighted by atomic mass is 10.00. The first-order chi connectivity index (χ1) is 11.6. The summed E-state index contributed by atoms with van der Waals surface area (Å²) in [5, 5.41) is 22.7. The first kappa shape index (κ1) is 17.3. The second kappa shape index (κ2) is 7.48. The van der Waals surface area contributed by atoms with Crippen LogP contribution >= 0.6 is 0 Å². The summed E-state index contributed by atoms with van der Waals surface area (Å²) in [5.74, 6) is -0.723. The van der Waals surface area contributed by atoms with Crippen molar-refractivity contribution in [2.45, 2.75) is 12.3 Å². The summed E-state index contributed by atoms with van der Waals surface area (Å²) >= 11 is 0. The Balaban J connectivity index is 2.59. The molecule has 0 radical (unpaired) electrons. The molecular formula is C16H18N4O4. The quantitative estimate of drug-likeness (QED) is 0.764. The zero-order valence-corrected chi connectivity index (χ0v) is 13.4. The fraction of sp³-hybridized carbons (Fsp3) is 0.312. The zero-order chi connectivity index (χ0) is 17.7. The normalized spacial score (nSPS) is 11.6. The minimum atomic E-state index is -0.772. The van der Waals surface area contributed by atoms with E-state index in [2.05, 4.69) is 5.10 Å². The second-order valence-electron chi connectivity index (χ2n) is 4.94. The highest BCUT2D eigenvalue weighted by molar-refractivity contribution is 5.96. The van der Waals surface area contributed by atoms with Crippen LogP contribution in [0.4, 0.5) is 5.82 Å². The smallest absolute Gasteiger partial charge is 0.343 e. The molecule has 0 aliphatic carbocycles. The number of aromatic nitrogens is 2. The maximum atomic E-state index is 12.1. The molecule has 0 spiro atoms. The maximum Gasteiger partial charge on any atom is 0.343 e. The van der Waals surface area contributed by atoms with E-state index >= 15 is 0 Å². The van der Waals surface area contributed by atoms with Crippen LogP contribution in [0.3, 0.4) is 0 Å². The number of rotatable bonds is 6. The third-order valence-electron chi connectivity index (χ3n) is 3.56. The van der Waals surface area contributed by atoms with Crippen molar-refractivity contribution in [3.8, 4) is 17.5 Å². The van der Waals surface area contributed by atoms with Crippen LogP contribution in [0.5, 0.6) is 5.75 Å². The fourth-order valence-electron chi connectivity index (χ4n) is 2.32. The Hall–Kier alpha value is -3.05. The van der Waals surface area contributed by atoms with Crippen molar-refractivity contribution in [1.82, 2.24) is 9.78 Å². The van der Waals surface area contributed by atoms with Crippen molar-refractivity contribution in [1.29, 1.82) is 5.26 Å². The number of hydrogen-bond donors (Lipinski definition) is 2. The number of esters is 1. The molecule has 2 aromatic rings. The van der Waals surface area contributed by atoms with Crippen LogP contribution in [0.25, 0.3) is 5.69 Å². The molecule has 0 aliphatic heterocycles. The summed E-state index contributed by atoms with van der Waals surface area (Å²) in [4.78, 5) is 12.1. The Kier molecular flexibility index (Phi) is 5.39. The minimum Gasteiger partial charge on any atom is -0.497 e. The monoisotopic (exact) mass is 330 g/mol. The molecular weight excluding hydrogens is 312 g/mol. The minimum absolute atomic E-state index is 0.0355. The number of nitrogens with zero attached hydrogens (tertiary/aromatic N) is 3. The molecule has 24 heavy (non-hydrogen) atoms. The third kappa shape index (κ3) is 3.16. The van der Waals surface area contributed by atoms with Gasteiger partial charge in [0, 0.05) is 6.61 Å². The van der Waals surface area contributed by atoms with Crippen molar-refractivity contribution in [2.75, 3.05) is 26.6 Å². The molecule has 1 atom stereocenters. The number of nitriles is 1. The van der Waals surface area contributed by atoms with Crippen LogP contribution in [0.1, 0.15) is 28.4 Å². The lowest BCUT2D eigenvalue weighted by molar-refractivity contribution is 0.0600.